The lowest BCUT2D eigenvalue weighted by atomic mass is 10.2. The maximum absolute atomic E-state index is 6.12. The van der Waals surface area contributed by atoms with Gasteiger partial charge in [0.25, 0.3) is 0 Å². The topological polar surface area (TPSA) is 43.8 Å². The summed E-state index contributed by atoms with van der Waals surface area (Å²) in [6, 6.07) is 7.13. The van der Waals surface area contributed by atoms with Crippen LogP contribution in [0.4, 0.5) is 5.82 Å². The van der Waals surface area contributed by atoms with Crippen molar-refractivity contribution in [3.8, 4) is 5.69 Å². The maximum atomic E-state index is 6.12. The van der Waals surface area contributed by atoms with E-state index in [0.29, 0.717) is 15.9 Å². The summed E-state index contributed by atoms with van der Waals surface area (Å²) < 4.78 is 1.64. The van der Waals surface area contributed by atoms with Gasteiger partial charge in [-0.05, 0) is 24.6 Å². The van der Waals surface area contributed by atoms with Crippen LogP contribution in [0.5, 0.6) is 0 Å². The SMILES string of the molecule is CCCc1cc(N)n(-c2ccc(Cl)cc2Cl)n1. The molecule has 0 aliphatic carbocycles. The van der Waals surface area contributed by atoms with E-state index in [-0.39, 0.29) is 0 Å². The molecule has 1 aromatic carbocycles. The van der Waals surface area contributed by atoms with E-state index in [4.69, 9.17) is 28.9 Å². The quantitative estimate of drug-likeness (QED) is 0.923. The van der Waals surface area contributed by atoms with E-state index >= 15 is 0 Å². The molecule has 2 N–H and O–H groups in total. The Kier molecular flexibility index (Phi) is 3.60. The number of nitrogens with zero attached hydrogens (tertiary/aromatic N) is 2. The Morgan fingerprint density at radius 2 is 2.06 bits per heavy atom. The maximum Gasteiger partial charge on any atom is 0.127 e. The number of benzene rings is 1. The van der Waals surface area contributed by atoms with Gasteiger partial charge < -0.3 is 5.73 Å². The molecule has 0 saturated carbocycles. The molecule has 0 fully saturated rings. The van der Waals surface area contributed by atoms with Gasteiger partial charge in [-0.15, -0.1) is 0 Å². The monoisotopic (exact) mass is 269 g/mol. The second-order valence-electron chi connectivity index (χ2n) is 3.82. The Labute approximate surface area is 110 Å². The third kappa shape index (κ3) is 2.56. The van der Waals surface area contributed by atoms with Crippen LogP contribution in [0.15, 0.2) is 24.3 Å². The first kappa shape index (κ1) is 12.3. The summed E-state index contributed by atoms with van der Waals surface area (Å²) in [6.07, 6.45) is 1.94. The van der Waals surface area contributed by atoms with E-state index in [1.165, 1.54) is 0 Å². The molecule has 1 aromatic heterocycles. The van der Waals surface area contributed by atoms with E-state index < -0.39 is 0 Å². The predicted octanol–water partition coefficient (Wildman–Crippen LogP) is 3.71. The summed E-state index contributed by atoms with van der Waals surface area (Å²) in [5.74, 6) is 0.581. The highest BCUT2D eigenvalue weighted by Crippen LogP contribution is 2.26. The first-order valence-electron chi connectivity index (χ1n) is 5.41. The second-order valence-corrected chi connectivity index (χ2v) is 4.66. The van der Waals surface area contributed by atoms with Gasteiger partial charge in [-0.1, -0.05) is 36.5 Å². The molecule has 0 spiro atoms. The lowest BCUT2D eigenvalue weighted by Gasteiger charge is -2.06. The fraction of sp³-hybridized carbons (Fsp3) is 0.250. The minimum atomic E-state index is 0.537. The van der Waals surface area contributed by atoms with Crippen molar-refractivity contribution in [3.63, 3.8) is 0 Å². The molecule has 0 radical (unpaired) electrons. The first-order valence-corrected chi connectivity index (χ1v) is 6.17. The first-order chi connectivity index (χ1) is 8.11. The number of aryl methyl sites for hydroxylation is 1. The summed E-state index contributed by atoms with van der Waals surface area (Å²) in [5, 5.41) is 5.56. The van der Waals surface area contributed by atoms with E-state index in [1.807, 2.05) is 12.1 Å². The molecule has 1 heterocycles. The highest BCUT2D eigenvalue weighted by molar-refractivity contribution is 6.35. The molecule has 17 heavy (non-hydrogen) atoms. The molecule has 2 aromatic rings. The highest BCUT2D eigenvalue weighted by atomic mass is 35.5. The van der Waals surface area contributed by atoms with Crippen molar-refractivity contribution in [3.05, 3.63) is 40.0 Å². The fourth-order valence-corrected chi connectivity index (χ4v) is 2.16. The number of nitrogens with two attached hydrogens (primary N) is 1. The number of hydrogen-bond donors (Lipinski definition) is 1. The largest absolute Gasteiger partial charge is 0.384 e. The summed E-state index contributed by atoms with van der Waals surface area (Å²) >= 11 is 12.0. The lowest BCUT2D eigenvalue weighted by Crippen LogP contribution is -2.02. The molecule has 0 aliphatic heterocycles. The summed E-state index contributed by atoms with van der Waals surface area (Å²) in [5.41, 5.74) is 7.63. The second kappa shape index (κ2) is 4.98. The van der Waals surface area contributed by atoms with Gasteiger partial charge in [0.15, 0.2) is 0 Å². The number of rotatable bonds is 3. The Morgan fingerprint density at radius 3 is 2.71 bits per heavy atom. The Balaban J connectivity index is 2.45. The van der Waals surface area contributed by atoms with Crippen molar-refractivity contribution in [2.75, 3.05) is 5.73 Å². The number of nitrogen functional groups attached to an aromatic ring is 1. The van der Waals surface area contributed by atoms with E-state index in [9.17, 15) is 0 Å². The van der Waals surface area contributed by atoms with Crippen LogP contribution in [0.3, 0.4) is 0 Å². The summed E-state index contributed by atoms with van der Waals surface area (Å²) in [7, 11) is 0. The Hall–Kier alpha value is -1.19. The average molecular weight is 270 g/mol. The van der Waals surface area contributed by atoms with Gasteiger partial charge in [-0.2, -0.15) is 5.10 Å². The molecule has 0 atom stereocenters. The fourth-order valence-electron chi connectivity index (χ4n) is 1.67. The number of hydrogen-bond acceptors (Lipinski definition) is 2. The molecule has 0 aliphatic rings. The van der Waals surface area contributed by atoms with Gasteiger partial charge in [0.2, 0.25) is 0 Å². The van der Waals surface area contributed by atoms with E-state index in [0.717, 1.165) is 24.2 Å². The number of aromatic nitrogens is 2. The lowest BCUT2D eigenvalue weighted by molar-refractivity contribution is 0.811. The van der Waals surface area contributed by atoms with Gasteiger partial charge >= 0.3 is 0 Å². The van der Waals surface area contributed by atoms with Crippen molar-refractivity contribution in [2.24, 2.45) is 0 Å². The van der Waals surface area contributed by atoms with Crippen molar-refractivity contribution in [1.29, 1.82) is 0 Å². The van der Waals surface area contributed by atoms with Gasteiger partial charge in [-0.3, -0.25) is 0 Å². The molecule has 90 valence electrons. The van der Waals surface area contributed by atoms with E-state index in [2.05, 4.69) is 12.0 Å². The van der Waals surface area contributed by atoms with Gasteiger partial charge in [0.05, 0.1) is 16.4 Å². The minimum Gasteiger partial charge on any atom is -0.384 e. The zero-order chi connectivity index (χ0) is 12.4. The van der Waals surface area contributed by atoms with Crippen LogP contribution in [0.25, 0.3) is 5.69 Å². The third-order valence-electron chi connectivity index (χ3n) is 2.43. The number of anilines is 1. The number of halogens is 2. The molecule has 3 nitrogen and oxygen atoms in total. The molecular formula is C12H13Cl2N3. The van der Waals surface area contributed by atoms with Crippen LogP contribution in [-0.2, 0) is 6.42 Å². The Bertz CT molecular complexity index is 535. The molecular weight excluding hydrogens is 257 g/mol. The molecule has 5 heteroatoms. The molecule has 0 unspecified atom stereocenters. The Morgan fingerprint density at radius 1 is 1.29 bits per heavy atom. The summed E-state index contributed by atoms with van der Waals surface area (Å²) in [6.45, 7) is 2.10. The zero-order valence-electron chi connectivity index (χ0n) is 9.45. The van der Waals surface area contributed by atoms with Crippen molar-refractivity contribution >= 4 is 29.0 Å². The smallest absolute Gasteiger partial charge is 0.127 e. The van der Waals surface area contributed by atoms with Gasteiger partial charge in [-0.25, -0.2) is 4.68 Å². The van der Waals surface area contributed by atoms with E-state index in [1.54, 1.807) is 16.8 Å². The molecule has 0 saturated heterocycles. The van der Waals surface area contributed by atoms with Gasteiger partial charge in [0, 0.05) is 11.1 Å². The van der Waals surface area contributed by atoms with Crippen LogP contribution >= 0.6 is 23.2 Å². The van der Waals surface area contributed by atoms with Crippen LogP contribution in [0.2, 0.25) is 10.0 Å². The normalized spacial score (nSPS) is 10.8. The van der Waals surface area contributed by atoms with Crippen molar-refractivity contribution in [2.45, 2.75) is 19.8 Å². The average Bonchev–Trinajstić information content (AvgIpc) is 2.60. The highest BCUT2D eigenvalue weighted by Gasteiger charge is 2.09. The summed E-state index contributed by atoms with van der Waals surface area (Å²) in [4.78, 5) is 0. The van der Waals surface area contributed by atoms with Crippen molar-refractivity contribution in [1.82, 2.24) is 9.78 Å². The van der Waals surface area contributed by atoms with Crippen LogP contribution in [0, 0.1) is 0 Å². The van der Waals surface area contributed by atoms with Crippen LogP contribution in [-0.4, -0.2) is 9.78 Å². The van der Waals surface area contributed by atoms with Gasteiger partial charge in [0.1, 0.15) is 5.82 Å². The minimum absolute atomic E-state index is 0.537. The molecule has 0 amide bonds. The predicted molar refractivity (Wildman–Crippen MR) is 72.0 cm³/mol. The molecule has 0 bridgehead atoms. The van der Waals surface area contributed by atoms with Crippen LogP contribution in [0.1, 0.15) is 19.0 Å². The standard InChI is InChI=1S/C12H13Cl2N3/c1-2-3-9-7-12(15)17(16-9)11-5-4-8(13)6-10(11)14/h4-7H,2-3,15H2,1H3. The third-order valence-corrected chi connectivity index (χ3v) is 2.97. The van der Waals surface area contributed by atoms with Crippen LogP contribution < -0.4 is 5.73 Å². The zero-order valence-corrected chi connectivity index (χ0v) is 11.0. The van der Waals surface area contributed by atoms with Crippen molar-refractivity contribution < 1.29 is 0 Å². The molecule has 2 rings (SSSR count).